The number of rotatable bonds is 10. The fourth-order valence-electron chi connectivity index (χ4n) is 1.57. The predicted molar refractivity (Wildman–Crippen MR) is 82.2 cm³/mol. The standard InChI is InChI=1S/C12H25Br2P.Ni/c1-3-5-9-15(10-6-4-2)11-7-8-12(13)14;/h12H,3-11H2,1-2H3;. The number of hydrogen-bond acceptors (Lipinski definition) is 0. The summed E-state index contributed by atoms with van der Waals surface area (Å²) in [5.41, 5.74) is 0. The molecule has 4 heteroatoms. The molecule has 0 aromatic rings. The fraction of sp³-hybridized carbons (Fsp3) is 1.00. The van der Waals surface area contributed by atoms with Gasteiger partial charge >= 0.3 is 0 Å². The van der Waals surface area contributed by atoms with Crippen molar-refractivity contribution in [3.63, 3.8) is 0 Å². The summed E-state index contributed by atoms with van der Waals surface area (Å²) in [5.74, 6) is 0. The van der Waals surface area contributed by atoms with E-state index in [4.69, 9.17) is 0 Å². The molecule has 0 rings (SSSR count). The Labute approximate surface area is 130 Å². The molecule has 0 aliphatic carbocycles. The third-order valence-corrected chi connectivity index (χ3v) is 6.31. The van der Waals surface area contributed by atoms with Gasteiger partial charge in [0.25, 0.3) is 0 Å². The molecule has 0 aliphatic rings. The quantitative estimate of drug-likeness (QED) is 0.233. The molecule has 0 saturated carbocycles. The van der Waals surface area contributed by atoms with E-state index >= 15 is 0 Å². The van der Waals surface area contributed by atoms with Crippen molar-refractivity contribution >= 4 is 39.8 Å². The van der Waals surface area contributed by atoms with Crippen LogP contribution in [-0.2, 0) is 16.5 Å². The number of halogens is 2. The molecule has 0 nitrogen and oxygen atoms in total. The van der Waals surface area contributed by atoms with Gasteiger partial charge in [0.2, 0.25) is 0 Å². The smallest absolute Gasteiger partial charge is 0.0698 e. The second-order valence-corrected chi connectivity index (χ2v) is 10.2. The van der Waals surface area contributed by atoms with Crippen LogP contribution < -0.4 is 0 Å². The Morgan fingerprint density at radius 1 is 0.875 bits per heavy atom. The summed E-state index contributed by atoms with van der Waals surface area (Å²) >= 11 is 7.11. The first-order valence-corrected chi connectivity index (χ1v) is 9.94. The van der Waals surface area contributed by atoms with E-state index < -0.39 is 0 Å². The zero-order valence-electron chi connectivity index (χ0n) is 10.5. The molecule has 16 heavy (non-hydrogen) atoms. The summed E-state index contributed by atoms with van der Waals surface area (Å²) in [6.07, 6.45) is 12.8. The summed E-state index contributed by atoms with van der Waals surface area (Å²) in [6, 6.07) is 0. The minimum absolute atomic E-state index is 0. The average molecular weight is 419 g/mol. The summed E-state index contributed by atoms with van der Waals surface area (Å²) < 4.78 is 0.527. The van der Waals surface area contributed by atoms with Crippen molar-refractivity contribution in [2.75, 3.05) is 18.5 Å². The van der Waals surface area contributed by atoms with E-state index in [-0.39, 0.29) is 16.5 Å². The van der Waals surface area contributed by atoms with Gasteiger partial charge < -0.3 is 0 Å². The molecule has 0 N–H and O–H groups in total. The molecule has 0 aromatic carbocycles. The van der Waals surface area contributed by atoms with E-state index in [9.17, 15) is 0 Å². The Hall–Kier alpha value is 1.88. The molecule has 0 radical (unpaired) electrons. The van der Waals surface area contributed by atoms with Crippen LogP contribution in [-0.4, -0.2) is 22.2 Å². The summed E-state index contributed by atoms with van der Waals surface area (Å²) in [6.45, 7) is 4.61. The monoisotopic (exact) mass is 416 g/mol. The van der Waals surface area contributed by atoms with E-state index in [0.29, 0.717) is 11.7 Å². The molecule has 0 bridgehead atoms. The molecule has 0 amide bonds. The van der Waals surface area contributed by atoms with E-state index in [2.05, 4.69) is 45.7 Å². The topological polar surface area (TPSA) is 0 Å². The van der Waals surface area contributed by atoms with E-state index in [0.717, 1.165) is 0 Å². The first kappa shape index (κ1) is 20.2. The Balaban J connectivity index is 0. The molecule has 0 heterocycles. The second kappa shape index (κ2) is 14.9. The molecule has 0 saturated heterocycles. The summed E-state index contributed by atoms with van der Waals surface area (Å²) in [7, 11) is 0.355. The van der Waals surface area contributed by atoms with Gasteiger partial charge in [0.1, 0.15) is 0 Å². The number of unbranched alkanes of at least 4 members (excludes halogenated alkanes) is 2. The molecule has 0 fully saturated rings. The van der Waals surface area contributed by atoms with Crippen molar-refractivity contribution in [3.05, 3.63) is 0 Å². The van der Waals surface area contributed by atoms with Crippen molar-refractivity contribution in [1.82, 2.24) is 0 Å². The van der Waals surface area contributed by atoms with Crippen LogP contribution in [0.15, 0.2) is 0 Å². The normalized spacial score (nSPS) is 10.9. The van der Waals surface area contributed by atoms with Crippen LogP contribution in [0, 0.1) is 0 Å². The van der Waals surface area contributed by atoms with Crippen molar-refractivity contribution in [1.29, 1.82) is 0 Å². The van der Waals surface area contributed by atoms with Gasteiger partial charge in [0.15, 0.2) is 0 Å². The number of hydrogen-bond donors (Lipinski definition) is 0. The Kier molecular flexibility index (Phi) is 18.9. The van der Waals surface area contributed by atoms with Crippen LogP contribution in [0.2, 0.25) is 0 Å². The van der Waals surface area contributed by atoms with Gasteiger partial charge in [-0.25, -0.2) is 0 Å². The van der Waals surface area contributed by atoms with E-state index in [1.54, 1.807) is 0 Å². The van der Waals surface area contributed by atoms with Crippen LogP contribution in [0.5, 0.6) is 0 Å². The van der Waals surface area contributed by atoms with Crippen LogP contribution >= 0.6 is 39.8 Å². The van der Waals surface area contributed by atoms with Gasteiger partial charge in [-0.05, 0) is 44.2 Å². The fourth-order valence-corrected chi connectivity index (χ4v) is 5.04. The Morgan fingerprint density at radius 3 is 1.69 bits per heavy atom. The molecular formula is C12H25Br2NiP. The third kappa shape index (κ3) is 13.9. The minimum Gasteiger partial charge on any atom is -0.107 e. The molecule has 0 atom stereocenters. The summed E-state index contributed by atoms with van der Waals surface area (Å²) in [5, 5.41) is 0. The maximum absolute atomic E-state index is 3.55. The van der Waals surface area contributed by atoms with Gasteiger partial charge in [0.05, 0.1) is 3.74 Å². The molecular weight excluding hydrogens is 394 g/mol. The zero-order chi connectivity index (χ0) is 11.5. The molecule has 0 aliphatic heterocycles. The van der Waals surface area contributed by atoms with Gasteiger partial charge in [-0.15, -0.1) is 7.92 Å². The van der Waals surface area contributed by atoms with Crippen LogP contribution in [0.3, 0.4) is 0 Å². The van der Waals surface area contributed by atoms with Gasteiger partial charge in [-0.1, -0.05) is 58.5 Å². The second-order valence-electron chi connectivity index (χ2n) is 4.08. The number of alkyl halides is 2. The average Bonchev–Trinajstić information content (AvgIpc) is 2.20. The van der Waals surface area contributed by atoms with E-state index in [1.165, 1.54) is 57.0 Å². The maximum atomic E-state index is 3.55. The molecule has 0 unspecified atom stereocenters. The predicted octanol–water partition coefficient (Wildman–Crippen LogP) is 5.96. The van der Waals surface area contributed by atoms with Crippen molar-refractivity contribution in [2.24, 2.45) is 0 Å². The first-order valence-electron chi connectivity index (χ1n) is 6.21. The van der Waals surface area contributed by atoms with Gasteiger partial charge in [0, 0.05) is 16.5 Å². The maximum Gasteiger partial charge on any atom is 0.0698 e. The first-order chi connectivity index (χ1) is 7.20. The third-order valence-electron chi connectivity index (χ3n) is 2.55. The minimum atomic E-state index is 0. The molecule has 0 spiro atoms. The zero-order valence-corrected chi connectivity index (χ0v) is 15.5. The Bertz CT molecular complexity index is 126. The van der Waals surface area contributed by atoms with Gasteiger partial charge in [-0.3, -0.25) is 0 Å². The van der Waals surface area contributed by atoms with Crippen LogP contribution in [0.1, 0.15) is 52.4 Å². The van der Waals surface area contributed by atoms with E-state index in [1.807, 2.05) is 0 Å². The largest absolute Gasteiger partial charge is 0.107 e. The van der Waals surface area contributed by atoms with Crippen LogP contribution in [0.25, 0.3) is 0 Å². The Morgan fingerprint density at radius 2 is 1.31 bits per heavy atom. The van der Waals surface area contributed by atoms with Gasteiger partial charge in [-0.2, -0.15) is 0 Å². The van der Waals surface area contributed by atoms with Crippen molar-refractivity contribution in [2.45, 2.75) is 56.1 Å². The molecule has 102 valence electrons. The van der Waals surface area contributed by atoms with Crippen LogP contribution in [0.4, 0.5) is 0 Å². The van der Waals surface area contributed by atoms with Crippen molar-refractivity contribution < 1.29 is 16.5 Å². The SMILES string of the molecule is CCCCP(CCCC)CCCC(Br)Br.[Ni]. The summed E-state index contributed by atoms with van der Waals surface area (Å²) in [4.78, 5) is 0. The van der Waals surface area contributed by atoms with Crippen molar-refractivity contribution in [3.8, 4) is 0 Å². The molecule has 0 aromatic heterocycles.